The number of aryl methyl sites for hydroxylation is 4. The summed E-state index contributed by atoms with van der Waals surface area (Å²) in [5, 5.41) is 0. The van der Waals surface area contributed by atoms with Gasteiger partial charge in [0, 0.05) is 40.3 Å². The highest BCUT2D eigenvalue weighted by atomic mass is 15.1. The third-order valence-electron chi connectivity index (χ3n) is 10.3. The van der Waals surface area contributed by atoms with Crippen molar-refractivity contribution in [3.05, 3.63) is 232 Å². The van der Waals surface area contributed by atoms with Crippen LogP contribution in [-0.2, 0) is 0 Å². The first kappa shape index (κ1) is 39.9. The lowest BCUT2D eigenvalue weighted by atomic mass is 10.1. The van der Waals surface area contributed by atoms with Gasteiger partial charge in [0.25, 0.3) is 0 Å². The van der Waals surface area contributed by atoms with Crippen LogP contribution in [0, 0.1) is 27.7 Å². The zero-order chi connectivity index (χ0) is 41.1. The molecule has 0 saturated heterocycles. The normalized spacial score (nSPS) is 11.9. The minimum atomic E-state index is 0.705. The largest absolute Gasteiger partial charge is 0.311 e. The summed E-state index contributed by atoms with van der Waals surface area (Å²) in [6, 6.07) is 56.0. The van der Waals surface area contributed by atoms with Crippen LogP contribution in [-0.4, -0.2) is 11.7 Å². The number of benzene rings is 6. The molecule has 0 amide bonds. The Bertz CT molecular complexity index is 2520. The van der Waals surface area contributed by atoms with E-state index in [9.17, 15) is 0 Å². The van der Waals surface area contributed by atoms with Gasteiger partial charge in [-0.05, 0) is 155 Å². The molecule has 0 atom stereocenters. The van der Waals surface area contributed by atoms with Crippen molar-refractivity contribution in [3.8, 4) is 0 Å². The van der Waals surface area contributed by atoms with E-state index >= 15 is 0 Å². The summed E-state index contributed by atoms with van der Waals surface area (Å²) in [4.78, 5) is 13.6. The van der Waals surface area contributed by atoms with E-state index in [1.807, 2.05) is 31.3 Å². The van der Waals surface area contributed by atoms with Crippen molar-refractivity contribution < 1.29 is 0 Å². The quantitative estimate of drug-likeness (QED) is 0.0865. The van der Waals surface area contributed by atoms with Gasteiger partial charge in [-0.15, -0.1) is 0 Å². The van der Waals surface area contributed by atoms with Crippen LogP contribution >= 0.6 is 0 Å². The van der Waals surface area contributed by atoms with E-state index < -0.39 is 0 Å². The van der Waals surface area contributed by atoms with Crippen LogP contribution in [0.4, 0.5) is 34.1 Å². The van der Waals surface area contributed by atoms with Crippen molar-refractivity contribution in [1.82, 2.24) is 4.98 Å². The minimum absolute atomic E-state index is 0.705. The van der Waals surface area contributed by atoms with E-state index in [1.165, 1.54) is 22.3 Å². The van der Waals surface area contributed by atoms with Crippen molar-refractivity contribution in [3.63, 3.8) is 0 Å². The first-order valence-electron chi connectivity index (χ1n) is 20.0. The summed E-state index contributed by atoms with van der Waals surface area (Å²) in [7, 11) is 0. The zero-order valence-corrected chi connectivity index (χ0v) is 34.5. The fraction of sp³-hybridized carbons (Fsp3) is 0.0909. The van der Waals surface area contributed by atoms with E-state index in [2.05, 4.69) is 230 Å². The van der Waals surface area contributed by atoms with Gasteiger partial charge in [0.1, 0.15) is 0 Å². The maximum Gasteiger partial charge on any atom is 0.0892 e. The van der Waals surface area contributed by atoms with Crippen molar-refractivity contribution >= 4 is 64.8 Å². The van der Waals surface area contributed by atoms with Crippen molar-refractivity contribution in [1.29, 1.82) is 0 Å². The van der Waals surface area contributed by atoms with Gasteiger partial charge in [-0.2, -0.15) is 0 Å². The number of anilines is 6. The molecule has 7 aromatic rings. The van der Waals surface area contributed by atoms with E-state index in [0.717, 1.165) is 62.1 Å². The zero-order valence-electron chi connectivity index (χ0n) is 34.5. The minimum Gasteiger partial charge on any atom is -0.311 e. The fourth-order valence-corrected chi connectivity index (χ4v) is 6.80. The van der Waals surface area contributed by atoms with Crippen LogP contribution in [0.3, 0.4) is 0 Å². The standard InChI is InChI=1S/C55H50N4/c1-7-44(16-17-45-20-32-52(33-21-45)58(48-24-8-40(2)9-25-48)49-26-10-41(3)11-27-49)38-54(56-6)55-39-47(36-37-57-55)19-18-46-22-34-53(35-23-46)59(50-28-12-42(4)13-29-50)51-30-14-43(5)15-31-51/h7-39H,6H2,1-5H3/b17-16+,19-18+,44-7-,54-38-. The SMILES string of the molecule is C=N\C(=C/C(=C\C)/C=C/c1ccc(N(c2ccc(C)cc2)c2ccc(C)cc2)cc1)c1cc(/C=C/c2ccc(N(c3ccc(C)cc3)c3ccc(C)cc3)cc2)ccn1. The number of hydrogen-bond donors (Lipinski definition) is 0. The van der Waals surface area contributed by atoms with Gasteiger partial charge in [-0.1, -0.05) is 125 Å². The van der Waals surface area contributed by atoms with E-state index in [0.29, 0.717) is 5.70 Å². The number of pyridine rings is 1. The summed E-state index contributed by atoms with van der Waals surface area (Å²) in [6.45, 7) is 14.4. The Morgan fingerprint density at radius 3 is 1.20 bits per heavy atom. The molecule has 1 heterocycles. The van der Waals surface area contributed by atoms with Gasteiger partial charge in [0.15, 0.2) is 0 Å². The van der Waals surface area contributed by atoms with Gasteiger partial charge < -0.3 is 9.80 Å². The van der Waals surface area contributed by atoms with Gasteiger partial charge in [0.2, 0.25) is 0 Å². The molecule has 0 bridgehead atoms. The van der Waals surface area contributed by atoms with Crippen LogP contribution in [0.2, 0.25) is 0 Å². The highest BCUT2D eigenvalue weighted by Crippen LogP contribution is 2.36. The van der Waals surface area contributed by atoms with Gasteiger partial charge >= 0.3 is 0 Å². The monoisotopic (exact) mass is 766 g/mol. The molecule has 0 fully saturated rings. The Balaban J connectivity index is 1.06. The third kappa shape index (κ3) is 10.2. The Morgan fingerprint density at radius 2 is 0.831 bits per heavy atom. The highest BCUT2D eigenvalue weighted by Gasteiger charge is 2.14. The van der Waals surface area contributed by atoms with Crippen LogP contribution in [0.25, 0.3) is 23.9 Å². The lowest BCUT2D eigenvalue weighted by Gasteiger charge is -2.25. The smallest absolute Gasteiger partial charge is 0.0892 e. The maximum atomic E-state index is 4.66. The van der Waals surface area contributed by atoms with Gasteiger partial charge in [-0.25, -0.2) is 0 Å². The Morgan fingerprint density at radius 1 is 0.475 bits per heavy atom. The molecule has 4 heteroatoms. The molecule has 4 nitrogen and oxygen atoms in total. The molecule has 1 aromatic heterocycles. The van der Waals surface area contributed by atoms with E-state index in [4.69, 9.17) is 0 Å². The Labute approximate surface area is 350 Å². The third-order valence-corrected chi connectivity index (χ3v) is 10.3. The lowest BCUT2D eigenvalue weighted by Crippen LogP contribution is -2.09. The average molecular weight is 767 g/mol. The van der Waals surface area contributed by atoms with Crippen molar-refractivity contribution in [2.75, 3.05) is 9.80 Å². The molecule has 59 heavy (non-hydrogen) atoms. The van der Waals surface area contributed by atoms with E-state index in [1.54, 1.807) is 0 Å². The molecule has 7 rings (SSSR count). The molecule has 0 aliphatic carbocycles. The summed E-state index contributed by atoms with van der Waals surface area (Å²) in [6.07, 6.45) is 14.4. The molecular weight excluding hydrogens is 717 g/mol. The average Bonchev–Trinajstić information content (AvgIpc) is 3.27. The first-order chi connectivity index (χ1) is 28.8. The lowest BCUT2D eigenvalue weighted by molar-refractivity contribution is 1.25. The molecule has 0 saturated carbocycles. The molecule has 0 aliphatic heterocycles. The molecule has 6 aromatic carbocycles. The Kier molecular flexibility index (Phi) is 12.7. The molecule has 0 radical (unpaired) electrons. The maximum absolute atomic E-state index is 4.66. The molecule has 0 aliphatic rings. The van der Waals surface area contributed by atoms with Crippen LogP contribution < -0.4 is 9.80 Å². The second kappa shape index (κ2) is 18.8. The molecule has 0 N–H and O–H groups in total. The second-order valence-electron chi connectivity index (χ2n) is 14.8. The van der Waals surface area contributed by atoms with Crippen LogP contribution in [0.5, 0.6) is 0 Å². The highest BCUT2D eigenvalue weighted by molar-refractivity contribution is 5.80. The van der Waals surface area contributed by atoms with Crippen molar-refractivity contribution in [2.45, 2.75) is 34.6 Å². The fourth-order valence-electron chi connectivity index (χ4n) is 6.80. The topological polar surface area (TPSA) is 31.7 Å². The second-order valence-corrected chi connectivity index (χ2v) is 14.8. The number of allylic oxidation sites excluding steroid dienone is 4. The van der Waals surface area contributed by atoms with Gasteiger partial charge in [-0.3, -0.25) is 9.98 Å². The summed E-state index contributed by atoms with van der Waals surface area (Å²) >= 11 is 0. The van der Waals surface area contributed by atoms with Crippen LogP contribution in [0.15, 0.2) is 193 Å². The number of nitrogens with zero attached hydrogens (tertiary/aromatic N) is 4. The summed E-state index contributed by atoms with van der Waals surface area (Å²) in [5.41, 5.74) is 17.3. The van der Waals surface area contributed by atoms with E-state index in [-0.39, 0.29) is 0 Å². The van der Waals surface area contributed by atoms with Crippen molar-refractivity contribution in [2.24, 2.45) is 4.99 Å². The summed E-state index contributed by atoms with van der Waals surface area (Å²) in [5.74, 6) is 0. The predicted octanol–water partition coefficient (Wildman–Crippen LogP) is 15.1. The Hall–Kier alpha value is -7.30. The molecular formula is C55H50N4. The first-order valence-corrected chi connectivity index (χ1v) is 20.0. The predicted molar refractivity (Wildman–Crippen MR) is 255 cm³/mol. The number of hydrogen-bond acceptors (Lipinski definition) is 4. The number of aromatic nitrogens is 1. The van der Waals surface area contributed by atoms with Gasteiger partial charge in [0.05, 0.1) is 11.4 Å². The molecule has 0 unspecified atom stereocenters. The molecule has 290 valence electrons. The number of rotatable bonds is 13. The number of aliphatic imine (C=N–C) groups is 1. The molecule has 0 spiro atoms. The van der Waals surface area contributed by atoms with Crippen LogP contribution in [0.1, 0.15) is 51.6 Å². The summed E-state index contributed by atoms with van der Waals surface area (Å²) < 4.78 is 0.